The Labute approximate surface area is 153 Å². The maximum Gasteiger partial charge on any atom is 0.230 e. The van der Waals surface area contributed by atoms with Gasteiger partial charge in [-0.15, -0.1) is 10.2 Å². The number of benzene rings is 1. The Kier molecular flexibility index (Phi) is 4.81. The molecule has 140 valence electrons. The fraction of sp³-hybridized carbons (Fsp3) is 0.556. The Balaban J connectivity index is 1.51. The minimum Gasteiger partial charge on any atom is -0.424 e. The first-order chi connectivity index (χ1) is 12.5. The minimum atomic E-state index is -3.03. The largest absolute Gasteiger partial charge is 0.424 e. The third-order valence-electron chi connectivity index (χ3n) is 5.28. The fourth-order valence-electron chi connectivity index (χ4n) is 3.98. The molecule has 0 aliphatic carbocycles. The van der Waals surface area contributed by atoms with Crippen LogP contribution in [0.4, 0.5) is 0 Å². The van der Waals surface area contributed by atoms with E-state index in [0.717, 1.165) is 19.6 Å². The van der Waals surface area contributed by atoms with Gasteiger partial charge in [-0.05, 0) is 5.56 Å². The lowest BCUT2D eigenvalue weighted by Crippen LogP contribution is -2.58. The van der Waals surface area contributed by atoms with Crippen LogP contribution >= 0.6 is 0 Å². The van der Waals surface area contributed by atoms with Crippen LogP contribution in [0.25, 0.3) is 0 Å². The van der Waals surface area contributed by atoms with E-state index in [1.165, 1.54) is 5.56 Å². The fourth-order valence-corrected chi connectivity index (χ4v) is 6.02. The van der Waals surface area contributed by atoms with Crippen LogP contribution in [0.2, 0.25) is 0 Å². The molecule has 0 bridgehead atoms. The molecule has 2 aliphatic rings. The second kappa shape index (κ2) is 7.09. The van der Waals surface area contributed by atoms with Gasteiger partial charge in [-0.1, -0.05) is 37.3 Å². The van der Waals surface area contributed by atoms with Crippen molar-refractivity contribution in [1.82, 2.24) is 20.0 Å². The highest BCUT2D eigenvalue weighted by Crippen LogP contribution is 2.29. The SMILES string of the molecule is CCc1nnc(CN2CCN(Cc3ccccc3)[C@@H]3CS(=O)(=O)C[C@@H]32)o1. The summed E-state index contributed by atoms with van der Waals surface area (Å²) in [6, 6.07) is 10.2. The molecule has 8 heteroatoms. The smallest absolute Gasteiger partial charge is 0.230 e. The summed E-state index contributed by atoms with van der Waals surface area (Å²) in [5.74, 6) is 1.63. The van der Waals surface area contributed by atoms with Gasteiger partial charge in [-0.2, -0.15) is 0 Å². The molecule has 4 rings (SSSR count). The molecule has 26 heavy (non-hydrogen) atoms. The zero-order valence-electron chi connectivity index (χ0n) is 14.9. The molecule has 0 amide bonds. The number of sulfone groups is 1. The van der Waals surface area contributed by atoms with Crippen LogP contribution in [0.3, 0.4) is 0 Å². The molecular weight excluding hydrogens is 352 g/mol. The summed E-state index contributed by atoms with van der Waals surface area (Å²) in [5.41, 5.74) is 1.22. The van der Waals surface area contributed by atoms with Gasteiger partial charge in [0.1, 0.15) is 0 Å². The topological polar surface area (TPSA) is 79.5 Å². The molecule has 0 spiro atoms. The summed E-state index contributed by atoms with van der Waals surface area (Å²) >= 11 is 0. The van der Waals surface area contributed by atoms with E-state index in [1.54, 1.807) is 0 Å². The molecule has 0 unspecified atom stereocenters. The highest BCUT2D eigenvalue weighted by atomic mass is 32.2. The molecule has 0 N–H and O–H groups in total. The summed E-state index contributed by atoms with van der Waals surface area (Å²) in [5, 5.41) is 8.11. The lowest BCUT2D eigenvalue weighted by Gasteiger charge is -2.43. The van der Waals surface area contributed by atoms with E-state index < -0.39 is 9.84 Å². The van der Waals surface area contributed by atoms with E-state index in [2.05, 4.69) is 32.1 Å². The molecule has 2 aromatic rings. The molecule has 2 fully saturated rings. The summed E-state index contributed by atoms with van der Waals surface area (Å²) in [6.07, 6.45) is 0.707. The first-order valence-corrected chi connectivity index (χ1v) is 10.9. The second-order valence-electron chi connectivity index (χ2n) is 7.08. The van der Waals surface area contributed by atoms with E-state index >= 15 is 0 Å². The Morgan fingerprint density at radius 1 is 1.00 bits per heavy atom. The van der Waals surface area contributed by atoms with E-state index in [1.807, 2.05) is 25.1 Å². The van der Waals surface area contributed by atoms with Gasteiger partial charge in [0.05, 0.1) is 18.1 Å². The number of rotatable bonds is 5. The van der Waals surface area contributed by atoms with Crippen LogP contribution in [0, 0.1) is 0 Å². The predicted molar refractivity (Wildman–Crippen MR) is 97.2 cm³/mol. The zero-order valence-corrected chi connectivity index (χ0v) is 15.7. The molecule has 2 saturated heterocycles. The zero-order chi connectivity index (χ0) is 18.1. The third-order valence-corrected chi connectivity index (χ3v) is 6.98. The van der Waals surface area contributed by atoms with Crippen molar-refractivity contribution in [1.29, 1.82) is 0 Å². The number of fused-ring (bicyclic) bond motifs is 1. The lowest BCUT2D eigenvalue weighted by atomic mass is 10.0. The maximum atomic E-state index is 12.3. The van der Waals surface area contributed by atoms with Gasteiger partial charge in [-0.3, -0.25) is 9.80 Å². The van der Waals surface area contributed by atoms with Crippen molar-refractivity contribution in [3.63, 3.8) is 0 Å². The quantitative estimate of drug-likeness (QED) is 0.773. The van der Waals surface area contributed by atoms with Gasteiger partial charge in [0, 0.05) is 38.1 Å². The molecule has 7 nitrogen and oxygen atoms in total. The Morgan fingerprint density at radius 2 is 1.62 bits per heavy atom. The molecule has 1 aromatic carbocycles. The molecule has 2 aliphatic heterocycles. The van der Waals surface area contributed by atoms with E-state index in [0.29, 0.717) is 24.7 Å². The number of hydrogen-bond acceptors (Lipinski definition) is 7. The maximum absolute atomic E-state index is 12.3. The summed E-state index contributed by atoms with van der Waals surface area (Å²) in [4.78, 5) is 4.51. The predicted octanol–water partition coefficient (Wildman–Crippen LogP) is 1.12. The average Bonchev–Trinajstić information content (AvgIpc) is 3.21. The van der Waals surface area contributed by atoms with Crippen molar-refractivity contribution in [3.05, 3.63) is 47.7 Å². The summed E-state index contributed by atoms with van der Waals surface area (Å²) < 4.78 is 30.3. The van der Waals surface area contributed by atoms with Crippen molar-refractivity contribution >= 4 is 9.84 Å². The van der Waals surface area contributed by atoms with E-state index in [-0.39, 0.29) is 23.6 Å². The Bertz CT molecular complexity index is 852. The third kappa shape index (κ3) is 3.67. The normalized spacial score (nSPS) is 26.0. The van der Waals surface area contributed by atoms with Crippen LogP contribution in [0.15, 0.2) is 34.7 Å². The van der Waals surface area contributed by atoms with Gasteiger partial charge >= 0.3 is 0 Å². The van der Waals surface area contributed by atoms with Crippen molar-refractivity contribution in [2.45, 2.75) is 38.5 Å². The Morgan fingerprint density at radius 3 is 2.23 bits per heavy atom. The van der Waals surface area contributed by atoms with Crippen molar-refractivity contribution < 1.29 is 12.8 Å². The summed E-state index contributed by atoms with van der Waals surface area (Å²) in [7, 11) is -3.03. The lowest BCUT2D eigenvalue weighted by molar-refractivity contribution is 0.0305. The van der Waals surface area contributed by atoms with Gasteiger partial charge in [-0.25, -0.2) is 8.42 Å². The minimum absolute atomic E-state index is 0.0162. The van der Waals surface area contributed by atoms with Crippen molar-refractivity contribution in [2.75, 3.05) is 24.6 Å². The monoisotopic (exact) mass is 376 g/mol. The molecular formula is C18H24N4O3S. The summed E-state index contributed by atoms with van der Waals surface area (Å²) in [6.45, 7) is 4.90. The second-order valence-corrected chi connectivity index (χ2v) is 9.24. The Hall–Kier alpha value is -1.77. The van der Waals surface area contributed by atoms with Crippen LogP contribution in [0.5, 0.6) is 0 Å². The molecule has 2 atom stereocenters. The van der Waals surface area contributed by atoms with Gasteiger partial charge < -0.3 is 4.42 Å². The molecule has 0 radical (unpaired) electrons. The van der Waals surface area contributed by atoms with Gasteiger partial charge in [0.15, 0.2) is 9.84 Å². The number of nitrogens with zero attached hydrogens (tertiary/aromatic N) is 4. The van der Waals surface area contributed by atoms with Crippen molar-refractivity contribution in [3.8, 4) is 0 Å². The van der Waals surface area contributed by atoms with Crippen LogP contribution in [-0.4, -0.2) is 65.1 Å². The molecule has 0 saturated carbocycles. The standard InChI is InChI=1S/C18H24N4O3S/c1-2-17-19-20-18(25-17)11-22-9-8-21(10-14-6-4-3-5-7-14)15-12-26(23,24)13-16(15)22/h3-7,15-16H,2,8-13H2,1H3/t15-,16+/m1/s1. The number of hydrogen-bond donors (Lipinski definition) is 0. The van der Waals surface area contributed by atoms with Crippen LogP contribution < -0.4 is 0 Å². The van der Waals surface area contributed by atoms with Crippen LogP contribution in [-0.2, 0) is 29.3 Å². The number of piperazine rings is 1. The first kappa shape index (κ1) is 17.6. The molecule has 3 heterocycles. The first-order valence-electron chi connectivity index (χ1n) is 9.08. The highest BCUT2D eigenvalue weighted by Gasteiger charge is 2.46. The molecule has 1 aromatic heterocycles. The van der Waals surface area contributed by atoms with Gasteiger partial charge in [0.2, 0.25) is 11.8 Å². The van der Waals surface area contributed by atoms with Crippen molar-refractivity contribution in [2.24, 2.45) is 0 Å². The number of aryl methyl sites for hydroxylation is 1. The average molecular weight is 376 g/mol. The number of aromatic nitrogens is 2. The van der Waals surface area contributed by atoms with E-state index in [4.69, 9.17) is 4.42 Å². The highest BCUT2D eigenvalue weighted by molar-refractivity contribution is 7.91. The van der Waals surface area contributed by atoms with Crippen LogP contribution in [0.1, 0.15) is 24.3 Å². The van der Waals surface area contributed by atoms with E-state index in [9.17, 15) is 8.42 Å². The van der Waals surface area contributed by atoms with Gasteiger partial charge in [0.25, 0.3) is 0 Å².